The lowest BCUT2D eigenvalue weighted by atomic mass is 10.0. The van der Waals surface area contributed by atoms with Gasteiger partial charge in [-0.2, -0.15) is 0 Å². The predicted octanol–water partition coefficient (Wildman–Crippen LogP) is 1.84. The normalized spacial score (nSPS) is 22.5. The summed E-state index contributed by atoms with van der Waals surface area (Å²) in [5.74, 6) is 0.589. The smallest absolute Gasteiger partial charge is 0.276 e. The Kier molecular flexibility index (Phi) is 4.65. The highest BCUT2D eigenvalue weighted by molar-refractivity contribution is 5.92. The maximum absolute atomic E-state index is 12.6. The van der Waals surface area contributed by atoms with E-state index >= 15 is 0 Å². The molecule has 0 unspecified atom stereocenters. The number of hydrogen-bond donors (Lipinski definition) is 0. The summed E-state index contributed by atoms with van der Waals surface area (Å²) in [6.45, 7) is 8.57. The summed E-state index contributed by atoms with van der Waals surface area (Å²) in [4.78, 5) is 28.1. The third-order valence-electron chi connectivity index (χ3n) is 4.15. The van der Waals surface area contributed by atoms with Crippen LogP contribution in [0.2, 0.25) is 0 Å². The molecular formula is C15H23N3O3. The van der Waals surface area contributed by atoms with Gasteiger partial charge in [-0.25, -0.2) is 0 Å². The molecule has 1 fully saturated rings. The van der Waals surface area contributed by atoms with E-state index in [1.54, 1.807) is 19.9 Å². The number of aromatic nitrogens is 1. The van der Waals surface area contributed by atoms with Crippen LogP contribution in [0.4, 0.5) is 0 Å². The molecule has 6 nitrogen and oxygen atoms in total. The standard InChI is InChI=1S/C15H23N3O3/c1-5-12-9-18(13(6-2)8-17(12)11(4)19)15(20)14-7-10(3)21-16-14/h7,12-13H,5-6,8-9H2,1-4H3/t12-,13-/m0/s1. The van der Waals surface area contributed by atoms with Crippen molar-refractivity contribution in [2.75, 3.05) is 13.1 Å². The minimum atomic E-state index is -0.111. The molecule has 1 saturated heterocycles. The monoisotopic (exact) mass is 293 g/mol. The molecule has 0 aromatic carbocycles. The van der Waals surface area contributed by atoms with Crippen LogP contribution < -0.4 is 0 Å². The summed E-state index contributed by atoms with van der Waals surface area (Å²) in [7, 11) is 0. The van der Waals surface area contributed by atoms with Gasteiger partial charge in [-0.05, 0) is 19.8 Å². The van der Waals surface area contributed by atoms with Gasteiger partial charge in [0.1, 0.15) is 5.76 Å². The molecule has 0 spiro atoms. The van der Waals surface area contributed by atoms with E-state index in [4.69, 9.17) is 4.52 Å². The largest absolute Gasteiger partial charge is 0.361 e. The van der Waals surface area contributed by atoms with E-state index < -0.39 is 0 Å². The number of amides is 2. The van der Waals surface area contributed by atoms with Gasteiger partial charge in [0.2, 0.25) is 5.91 Å². The van der Waals surface area contributed by atoms with Crippen LogP contribution in [0.5, 0.6) is 0 Å². The zero-order chi connectivity index (χ0) is 15.6. The van der Waals surface area contributed by atoms with Crippen molar-refractivity contribution < 1.29 is 14.1 Å². The highest BCUT2D eigenvalue weighted by Gasteiger charge is 2.36. The van der Waals surface area contributed by atoms with Crippen LogP contribution in [0.25, 0.3) is 0 Å². The second kappa shape index (κ2) is 6.28. The summed E-state index contributed by atoms with van der Waals surface area (Å²) >= 11 is 0. The molecule has 1 aliphatic rings. The number of nitrogens with zero attached hydrogens (tertiary/aromatic N) is 3. The molecule has 1 aliphatic heterocycles. The van der Waals surface area contributed by atoms with Gasteiger partial charge in [0.15, 0.2) is 5.69 Å². The third-order valence-corrected chi connectivity index (χ3v) is 4.15. The minimum absolute atomic E-state index is 0.0289. The molecule has 1 aromatic heterocycles. The molecule has 2 atom stereocenters. The Labute approximate surface area is 125 Å². The van der Waals surface area contributed by atoms with Gasteiger partial charge in [-0.1, -0.05) is 19.0 Å². The molecule has 116 valence electrons. The van der Waals surface area contributed by atoms with Crippen LogP contribution in [0.1, 0.15) is 49.9 Å². The summed E-state index contributed by atoms with van der Waals surface area (Å²) in [5.41, 5.74) is 0.345. The van der Waals surface area contributed by atoms with Crippen LogP contribution in [-0.2, 0) is 4.79 Å². The van der Waals surface area contributed by atoms with Crippen LogP contribution in [0, 0.1) is 6.92 Å². The Morgan fingerprint density at radius 2 is 1.81 bits per heavy atom. The zero-order valence-electron chi connectivity index (χ0n) is 13.1. The van der Waals surface area contributed by atoms with E-state index in [0.29, 0.717) is 24.5 Å². The summed E-state index contributed by atoms with van der Waals surface area (Å²) in [5, 5.41) is 3.82. The summed E-state index contributed by atoms with van der Waals surface area (Å²) in [6.07, 6.45) is 1.64. The van der Waals surface area contributed by atoms with Crippen LogP contribution in [0.15, 0.2) is 10.6 Å². The Hall–Kier alpha value is -1.85. The van der Waals surface area contributed by atoms with Crippen molar-refractivity contribution in [1.29, 1.82) is 0 Å². The van der Waals surface area contributed by atoms with Crippen molar-refractivity contribution in [3.63, 3.8) is 0 Å². The highest BCUT2D eigenvalue weighted by atomic mass is 16.5. The SMILES string of the molecule is CC[C@H]1CN(C(=O)c2cc(C)on2)[C@@H](CC)CN1C(C)=O. The van der Waals surface area contributed by atoms with Gasteiger partial charge in [0.25, 0.3) is 5.91 Å². The fourth-order valence-electron chi connectivity index (χ4n) is 2.90. The van der Waals surface area contributed by atoms with Crippen LogP contribution >= 0.6 is 0 Å². The second-order valence-corrected chi connectivity index (χ2v) is 5.58. The zero-order valence-corrected chi connectivity index (χ0v) is 13.1. The maximum Gasteiger partial charge on any atom is 0.276 e. The molecule has 0 aliphatic carbocycles. The number of hydrogen-bond acceptors (Lipinski definition) is 4. The van der Waals surface area contributed by atoms with E-state index in [0.717, 1.165) is 12.8 Å². The molecule has 2 heterocycles. The molecule has 0 radical (unpaired) electrons. The van der Waals surface area contributed by atoms with E-state index in [9.17, 15) is 9.59 Å². The average Bonchev–Trinajstić information content (AvgIpc) is 2.91. The Morgan fingerprint density at radius 3 is 2.29 bits per heavy atom. The first-order valence-electron chi connectivity index (χ1n) is 7.49. The molecule has 6 heteroatoms. The molecule has 2 amide bonds. The number of carbonyl (C=O) groups excluding carboxylic acids is 2. The molecular weight excluding hydrogens is 270 g/mol. The first-order chi connectivity index (χ1) is 9.97. The van der Waals surface area contributed by atoms with E-state index in [1.807, 2.05) is 23.6 Å². The lowest BCUT2D eigenvalue weighted by molar-refractivity contribution is -0.135. The molecule has 0 saturated carbocycles. The average molecular weight is 293 g/mol. The van der Waals surface area contributed by atoms with Crippen molar-refractivity contribution in [1.82, 2.24) is 15.0 Å². The predicted molar refractivity (Wildman–Crippen MR) is 77.8 cm³/mol. The Morgan fingerprint density at radius 1 is 1.24 bits per heavy atom. The van der Waals surface area contributed by atoms with Crippen molar-refractivity contribution in [3.05, 3.63) is 17.5 Å². The van der Waals surface area contributed by atoms with E-state index in [1.165, 1.54) is 0 Å². The third kappa shape index (κ3) is 3.09. The van der Waals surface area contributed by atoms with Gasteiger partial charge >= 0.3 is 0 Å². The quantitative estimate of drug-likeness (QED) is 0.853. The number of piperazine rings is 1. The van der Waals surface area contributed by atoms with Crippen LogP contribution in [-0.4, -0.2) is 51.9 Å². The van der Waals surface area contributed by atoms with E-state index in [-0.39, 0.29) is 23.9 Å². The molecule has 2 rings (SSSR count). The van der Waals surface area contributed by atoms with Gasteiger partial charge in [-0.3, -0.25) is 9.59 Å². The number of rotatable bonds is 3. The van der Waals surface area contributed by atoms with Gasteiger partial charge in [0.05, 0.1) is 0 Å². The highest BCUT2D eigenvalue weighted by Crippen LogP contribution is 2.22. The van der Waals surface area contributed by atoms with Crippen molar-refractivity contribution in [2.45, 2.75) is 52.6 Å². The molecule has 1 aromatic rings. The Balaban J connectivity index is 2.22. The molecule has 0 bridgehead atoms. The number of carbonyl (C=O) groups is 2. The van der Waals surface area contributed by atoms with Gasteiger partial charge < -0.3 is 14.3 Å². The Bertz CT molecular complexity index is 526. The first kappa shape index (κ1) is 15.5. The second-order valence-electron chi connectivity index (χ2n) is 5.58. The minimum Gasteiger partial charge on any atom is -0.361 e. The van der Waals surface area contributed by atoms with Crippen molar-refractivity contribution in [3.8, 4) is 0 Å². The summed E-state index contributed by atoms with van der Waals surface area (Å²) < 4.78 is 5.00. The molecule has 0 N–H and O–H groups in total. The lowest BCUT2D eigenvalue weighted by Gasteiger charge is -2.45. The lowest BCUT2D eigenvalue weighted by Crippen LogP contribution is -2.60. The van der Waals surface area contributed by atoms with Crippen molar-refractivity contribution in [2.24, 2.45) is 0 Å². The maximum atomic E-state index is 12.6. The fourth-order valence-corrected chi connectivity index (χ4v) is 2.90. The van der Waals surface area contributed by atoms with Crippen molar-refractivity contribution >= 4 is 11.8 Å². The van der Waals surface area contributed by atoms with Gasteiger partial charge in [-0.15, -0.1) is 0 Å². The first-order valence-corrected chi connectivity index (χ1v) is 7.49. The topological polar surface area (TPSA) is 66.7 Å². The number of aryl methyl sites for hydroxylation is 1. The van der Waals surface area contributed by atoms with E-state index in [2.05, 4.69) is 5.16 Å². The van der Waals surface area contributed by atoms with Crippen LogP contribution in [0.3, 0.4) is 0 Å². The fraction of sp³-hybridized carbons (Fsp3) is 0.667. The molecule has 21 heavy (non-hydrogen) atoms. The summed E-state index contributed by atoms with van der Waals surface area (Å²) in [6, 6.07) is 1.76. The van der Waals surface area contributed by atoms with Gasteiger partial charge in [0, 0.05) is 38.2 Å².